The zero-order valence-corrected chi connectivity index (χ0v) is 12.9. The van der Waals surface area contributed by atoms with Crippen molar-refractivity contribution in [3.05, 3.63) is 48.1 Å². The van der Waals surface area contributed by atoms with Crippen molar-refractivity contribution >= 4 is 11.8 Å². The second-order valence-corrected chi connectivity index (χ2v) is 6.35. The number of hydrogen-bond donors (Lipinski definition) is 1. The van der Waals surface area contributed by atoms with Gasteiger partial charge in [0.2, 0.25) is 0 Å². The molecule has 0 saturated heterocycles. The highest BCUT2D eigenvalue weighted by Crippen LogP contribution is 2.32. The molecule has 0 amide bonds. The van der Waals surface area contributed by atoms with Crippen molar-refractivity contribution < 1.29 is 5.11 Å². The number of allylic oxidation sites excluding steroid dienone is 1. The van der Waals surface area contributed by atoms with Gasteiger partial charge in [0.25, 0.3) is 0 Å². The average molecular weight is 301 g/mol. The van der Waals surface area contributed by atoms with E-state index in [0.29, 0.717) is 5.25 Å². The average Bonchev–Trinajstić information content (AvgIpc) is 2.84. The molecule has 1 aliphatic rings. The molecule has 1 unspecified atom stereocenters. The molecule has 2 aromatic rings. The molecule has 2 heterocycles. The minimum atomic E-state index is -0.0191. The van der Waals surface area contributed by atoms with Gasteiger partial charge >= 0.3 is 0 Å². The lowest BCUT2D eigenvalue weighted by Crippen LogP contribution is -2.07. The summed E-state index contributed by atoms with van der Waals surface area (Å²) in [5.74, 6) is 0. The van der Waals surface area contributed by atoms with Gasteiger partial charge in [-0.3, -0.25) is 9.55 Å². The minimum Gasteiger partial charge on any atom is -0.390 e. The lowest BCUT2D eigenvalue weighted by atomic mass is 10.1. The fraction of sp³-hybridized carbons (Fsp3) is 0.375. The maximum Gasteiger partial charge on any atom is 0.173 e. The highest BCUT2D eigenvalue weighted by atomic mass is 32.2. The van der Waals surface area contributed by atoms with E-state index in [9.17, 15) is 5.11 Å². The molecular formula is C16H19N3OS. The Hall–Kier alpha value is -1.59. The third-order valence-electron chi connectivity index (χ3n) is 3.66. The number of aliphatic hydroxyl groups excluding tert-OH is 1. The fourth-order valence-electron chi connectivity index (χ4n) is 2.57. The van der Waals surface area contributed by atoms with Crippen LogP contribution in [-0.2, 0) is 6.61 Å². The summed E-state index contributed by atoms with van der Waals surface area (Å²) in [7, 11) is 0. The number of aryl methyl sites for hydroxylation is 1. The molecule has 2 aromatic heterocycles. The Labute approximate surface area is 128 Å². The molecule has 0 bridgehead atoms. The molecule has 0 fully saturated rings. The van der Waals surface area contributed by atoms with Crippen LogP contribution in [0.15, 0.2) is 41.8 Å². The van der Waals surface area contributed by atoms with E-state index >= 15 is 0 Å². The summed E-state index contributed by atoms with van der Waals surface area (Å²) in [4.78, 5) is 8.84. The van der Waals surface area contributed by atoms with Crippen LogP contribution in [0, 0.1) is 6.92 Å². The summed E-state index contributed by atoms with van der Waals surface area (Å²) in [5, 5.41) is 11.1. The molecular weight excluding hydrogens is 282 g/mol. The van der Waals surface area contributed by atoms with E-state index in [-0.39, 0.29) is 6.61 Å². The van der Waals surface area contributed by atoms with Gasteiger partial charge in [0, 0.05) is 11.4 Å². The van der Waals surface area contributed by atoms with Crippen LogP contribution in [-0.4, -0.2) is 24.9 Å². The van der Waals surface area contributed by atoms with Gasteiger partial charge < -0.3 is 5.11 Å². The zero-order valence-electron chi connectivity index (χ0n) is 12.1. The second kappa shape index (κ2) is 6.45. The van der Waals surface area contributed by atoms with E-state index in [1.807, 2.05) is 23.6 Å². The Bertz CT molecular complexity index is 636. The van der Waals surface area contributed by atoms with Gasteiger partial charge in [-0.2, -0.15) is 0 Å². The Morgan fingerprint density at radius 1 is 1.48 bits per heavy atom. The van der Waals surface area contributed by atoms with Crippen LogP contribution < -0.4 is 0 Å². The molecule has 0 spiro atoms. The first-order valence-electron chi connectivity index (χ1n) is 7.22. The highest BCUT2D eigenvalue weighted by molar-refractivity contribution is 7.99. The van der Waals surface area contributed by atoms with Gasteiger partial charge in [-0.1, -0.05) is 23.9 Å². The van der Waals surface area contributed by atoms with Gasteiger partial charge in [0.15, 0.2) is 5.16 Å². The number of rotatable bonds is 4. The van der Waals surface area contributed by atoms with Crippen LogP contribution >= 0.6 is 11.8 Å². The second-order valence-electron chi connectivity index (χ2n) is 5.15. The van der Waals surface area contributed by atoms with Crippen LogP contribution in [0.5, 0.6) is 0 Å². The zero-order chi connectivity index (χ0) is 14.7. The number of aromatic nitrogens is 3. The Balaban J connectivity index is 2.00. The Morgan fingerprint density at radius 3 is 3.05 bits per heavy atom. The van der Waals surface area contributed by atoms with Crippen molar-refractivity contribution in [1.29, 1.82) is 0 Å². The molecule has 0 radical (unpaired) electrons. The van der Waals surface area contributed by atoms with Crippen molar-refractivity contribution in [1.82, 2.24) is 14.5 Å². The Kier molecular flexibility index (Phi) is 4.41. The smallest absolute Gasteiger partial charge is 0.173 e. The molecule has 1 atom stereocenters. The summed E-state index contributed by atoms with van der Waals surface area (Å²) < 4.78 is 2.02. The normalized spacial score (nSPS) is 18.1. The molecule has 3 rings (SSSR count). The first-order chi connectivity index (χ1) is 10.3. The van der Waals surface area contributed by atoms with Crippen LogP contribution in [0.2, 0.25) is 0 Å². The molecule has 110 valence electrons. The van der Waals surface area contributed by atoms with Crippen molar-refractivity contribution in [3.8, 4) is 5.69 Å². The van der Waals surface area contributed by atoms with Crippen LogP contribution in [0.1, 0.15) is 30.7 Å². The molecule has 4 nitrogen and oxygen atoms in total. The maximum absolute atomic E-state index is 9.68. The lowest BCUT2D eigenvalue weighted by Gasteiger charge is -2.16. The topological polar surface area (TPSA) is 50.9 Å². The monoisotopic (exact) mass is 301 g/mol. The van der Waals surface area contributed by atoms with Crippen LogP contribution in [0.3, 0.4) is 0 Å². The molecule has 0 aromatic carbocycles. The number of pyridine rings is 1. The maximum atomic E-state index is 9.68. The van der Waals surface area contributed by atoms with Gasteiger partial charge in [-0.05, 0) is 38.3 Å². The number of hydrogen-bond acceptors (Lipinski definition) is 4. The molecule has 1 N–H and O–H groups in total. The molecule has 21 heavy (non-hydrogen) atoms. The molecule has 1 aliphatic carbocycles. The van der Waals surface area contributed by atoms with Crippen LogP contribution in [0.4, 0.5) is 0 Å². The largest absolute Gasteiger partial charge is 0.390 e. The van der Waals surface area contributed by atoms with E-state index < -0.39 is 0 Å². The van der Waals surface area contributed by atoms with E-state index in [1.54, 1.807) is 24.2 Å². The standard InChI is InChI=1S/C16H19N3OS/c1-12-15(11-20)19(13-6-5-9-17-10-13)16(18-12)21-14-7-3-2-4-8-14/h3,5-7,9-10,14,20H,2,4,8,11H2,1H3. The summed E-state index contributed by atoms with van der Waals surface area (Å²) in [6, 6.07) is 3.90. The van der Waals surface area contributed by atoms with Crippen molar-refractivity contribution in [3.63, 3.8) is 0 Å². The number of nitrogens with zero attached hydrogens (tertiary/aromatic N) is 3. The molecule has 5 heteroatoms. The van der Waals surface area contributed by atoms with Gasteiger partial charge in [-0.15, -0.1) is 0 Å². The van der Waals surface area contributed by atoms with E-state index in [2.05, 4.69) is 22.1 Å². The first-order valence-corrected chi connectivity index (χ1v) is 8.10. The molecule has 0 aliphatic heterocycles. The fourth-order valence-corrected chi connectivity index (χ4v) is 3.82. The number of thioether (sulfide) groups is 1. The third kappa shape index (κ3) is 3.04. The third-order valence-corrected chi connectivity index (χ3v) is 4.84. The minimum absolute atomic E-state index is 0.0191. The number of aliphatic hydroxyl groups is 1. The van der Waals surface area contributed by atoms with E-state index in [1.165, 1.54) is 19.3 Å². The summed E-state index contributed by atoms with van der Waals surface area (Å²) in [6.07, 6.45) is 11.7. The quantitative estimate of drug-likeness (QED) is 0.881. The number of imidazole rings is 1. The van der Waals surface area contributed by atoms with Crippen LogP contribution in [0.25, 0.3) is 5.69 Å². The predicted molar refractivity (Wildman–Crippen MR) is 84.7 cm³/mol. The SMILES string of the molecule is Cc1nc(SC2C=CCCC2)n(-c2cccnc2)c1CO. The van der Waals surface area contributed by atoms with E-state index in [4.69, 9.17) is 0 Å². The summed E-state index contributed by atoms with van der Waals surface area (Å²) in [6.45, 7) is 1.92. The van der Waals surface area contributed by atoms with Gasteiger partial charge in [0.05, 0.1) is 29.9 Å². The lowest BCUT2D eigenvalue weighted by molar-refractivity contribution is 0.273. The van der Waals surface area contributed by atoms with Crippen molar-refractivity contribution in [2.24, 2.45) is 0 Å². The summed E-state index contributed by atoms with van der Waals surface area (Å²) in [5.41, 5.74) is 2.67. The van der Waals surface area contributed by atoms with Crippen molar-refractivity contribution in [2.45, 2.75) is 43.2 Å². The predicted octanol–water partition coefficient (Wildman–Crippen LogP) is 3.27. The summed E-state index contributed by atoms with van der Waals surface area (Å²) >= 11 is 1.76. The van der Waals surface area contributed by atoms with Gasteiger partial charge in [-0.25, -0.2) is 4.98 Å². The first kappa shape index (κ1) is 14.4. The molecule has 0 saturated carbocycles. The van der Waals surface area contributed by atoms with Gasteiger partial charge in [0.1, 0.15) is 0 Å². The van der Waals surface area contributed by atoms with E-state index in [0.717, 1.165) is 22.2 Å². The Morgan fingerprint density at radius 2 is 2.38 bits per heavy atom. The highest BCUT2D eigenvalue weighted by Gasteiger charge is 2.19. The van der Waals surface area contributed by atoms with Crippen molar-refractivity contribution in [2.75, 3.05) is 0 Å².